The summed E-state index contributed by atoms with van der Waals surface area (Å²) in [6, 6.07) is 16.7. The molecule has 3 aliphatic rings. The van der Waals surface area contributed by atoms with Crippen LogP contribution in [-0.2, 0) is 0 Å². The van der Waals surface area contributed by atoms with Crippen molar-refractivity contribution in [3.8, 4) is 22.8 Å². The van der Waals surface area contributed by atoms with Crippen LogP contribution in [0.3, 0.4) is 0 Å². The minimum atomic E-state index is -0.137. The summed E-state index contributed by atoms with van der Waals surface area (Å²) in [5.74, 6) is 3.07. The summed E-state index contributed by atoms with van der Waals surface area (Å²) in [7, 11) is 0. The quantitative estimate of drug-likeness (QED) is 0.400. The molecule has 200 valence electrons. The van der Waals surface area contributed by atoms with E-state index < -0.39 is 0 Å². The van der Waals surface area contributed by atoms with Gasteiger partial charge in [-0.1, -0.05) is 66.8 Å². The zero-order valence-corrected chi connectivity index (χ0v) is 23.3. The second-order valence-electron chi connectivity index (χ2n) is 10.5. The lowest BCUT2D eigenvalue weighted by atomic mass is 9.99. The van der Waals surface area contributed by atoms with E-state index in [1.165, 1.54) is 0 Å². The molecule has 40 heavy (non-hydrogen) atoms. The van der Waals surface area contributed by atoms with Gasteiger partial charge in [0.25, 0.3) is 0 Å². The van der Waals surface area contributed by atoms with Crippen molar-refractivity contribution in [2.45, 2.75) is 52.2 Å². The molecule has 7 nitrogen and oxygen atoms in total. The van der Waals surface area contributed by atoms with Crippen molar-refractivity contribution in [1.29, 1.82) is 0 Å². The fourth-order valence-electron chi connectivity index (χ4n) is 5.23. The van der Waals surface area contributed by atoms with Crippen molar-refractivity contribution < 1.29 is 0 Å². The molecule has 2 aromatic carbocycles. The summed E-state index contributed by atoms with van der Waals surface area (Å²) in [4.78, 5) is 24.4. The van der Waals surface area contributed by atoms with E-state index in [0.29, 0.717) is 11.6 Å². The highest BCUT2D eigenvalue weighted by atomic mass is 15.1. The molecule has 7 heteroatoms. The largest absolute Gasteiger partial charge is 0.364 e. The molecule has 1 aliphatic carbocycles. The van der Waals surface area contributed by atoms with Gasteiger partial charge in [-0.2, -0.15) is 0 Å². The first kappa shape index (κ1) is 25.6. The van der Waals surface area contributed by atoms with E-state index in [1.54, 1.807) is 0 Å². The minimum absolute atomic E-state index is 0.102. The number of nitrogens with zero attached hydrogens (tertiary/aromatic N) is 5. The Kier molecular flexibility index (Phi) is 6.95. The van der Waals surface area contributed by atoms with Crippen LogP contribution in [0, 0.1) is 0 Å². The molecular formula is C33H33N7. The van der Waals surface area contributed by atoms with Crippen LogP contribution in [0.4, 0.5) is 0 Å². The van der Waals surface area contributed by atoms with E-state index in [1.807, 2.05) is 13.0 Å². The van der Waals surface area contributed by atoms with Gasteiger partial charge in [-0.25, -0.2) is 15.0 Å². The maximum Gasteiger partial charge on any atom is 0.163 e. The van der Waals surface area contributed by atoms with E-state index in [2.05, 4.69) is 110 Å². The maximum atomic E-state index is 4.97. The second-order valence-corrected chi connectivity index (χ2v) is 10.5. The van der Waals surface area contributed by atoms with E-state index >= 15 is 0 Å². The zero-order chi connectivity index (χ0) is 27.6. The highest BCUT2D eigenvalue weighted by molar-refractivity contribution is 6.00. The summed E-state index contributed by atoms with van der Waals surface area (Å²) < 4.78 is 0. The Bertz CT molecular complexity index is 1620. The van der Waals surface area contributed by atoms with Crippen molar-refractivity contribution >= 4 is 11.5 Å². The summed E-state index contributed by atoms with van der Waals surface area (Å²) >= 11 is 0. The number of benzene rings is 2. The van der Waals surface area contributed by atoms with Crippen molar-refractivity contribution in [2.75, 3.05) is 0 Å². The fourth-order valence-corrected chi connectivity index (χ4v) is 5.23. The van der Waals surface area contributed by atoms with Gasteiger partial charge >= 0.3 is 0 Å². The van der Waals surface area contributed by atoms with Gasteiger partial charge in [-0.05, 0) is 57.9 Å². The Hall–Kier alpha value is -4.65. The standard InChI is InChI=1S/C33H33N7/c1-20-17-21(2)35-29(34-20)25-13-15-26(16-14-25)31-38-30(24-9-6-5-7-10-24)39-33(40-31)28-12-8-11-27(19-28)32-36-22(3)18-23(4)37-32/h5-9,11-20,24,32,36H,10H2,1-4H3,(H,34,35). The first-order valence-corrected chi connectivity index (χ1v) is 13.7. The van der Waals surface area contributed by atoms with Crippen molar-refractivity contribution in [3.05, 3.63) is 113 Å². The summed E-state index contributed by atoms with van der Waals surface area (Å²) in [5.41, 5.74) is 7.19. The number of allylic oxidation sites excluding steroid dienone is 7. The summed E-state index contributed by atoms with van der Waals surface area (Å²) in [5, 5.41) is 6.85. The average Bonchev–Trinajstić information content (AvgIpc) is 2.96. The van der Waals surface area contributed by atoms with Gasteiger partial charge in [0, 0.05) is 39.7 Å². The molecule has 3 unspecified atom stereocenters. The van der Waals surface area contributed by atoms with Crippen LogP contribution in [0.25, 0.3) is 22.8 Å². The van der Waals surface area contributed by atoms with Gasteiger partial charge in [0.2, 0.25) is 0 Å². The summed E-state index contributed by atoms with van der Waals surface area (Å²) in [6.07, 6.45) is 13.3. The lowest BCUT2D eigenvalue weighted by Crippen LogP contribution is -2.28. The van der Waals surface area contributed by atoms with Crippen LogP contribution in [0.1, 0.15) is 63.2 Å². The molecule has 1 aromatic heterocycles. The zero-order valence-electron chi connectivity index (χ0n) is 23.3. The lowest BCUT2D eigenvalue weighted by Gasteiger charge is -2.22. The molecule has 0 saturated carbocycles. The third kappa shape index (κ3) is 5.54. The molecule has 2 aliphatic heterocycles. The molecule has 0 fully saturated rings. The van der Waals surface area contributed by atoms with Crippen molar-refractivity contribution in [2.24, 2.45) is 9.98 Å². The Morgan fingerprint density at radius 1 is 0.800 bits per heavy atom. The molecule has 0 amide bonds. The van der Waals surface area contributed by atoms with E-state index in [4.69, 9.17) is 24.9 Å². The van der Waals surface area contributed by atoms with Crippen LogP contribution >= 0.6 is 0 Å². The predicted molar refractivity (Wildman–Crippen MR) is 162 cm³/mol. The van der Waals surface area contributed by atoms with Gasteiger partial charge in [0.15, 0.2) is 11.6 Å². The van der Waals surface area contributed by atoms with E-state index in [0.717, 1.165) is 57.4 Å². The normalized spacial score (nSPS) is 21.9. The predicted octanol–water partition coefficient (Wildman–Crippen LogP) is 6.41. The summed E-state index contributed by atoms with van der Waals surface area (Å²) in [6.45, 7) is 8.24. The highest BCUT2D eigenvalue weighted by Crippen LogP contribution is 2.29. The van der Waals surface area contributed by atoms with E-state index in [9.17, 15) is 0 Å². The lowest BCUT2D eigenvalue weighted by molar-refractivity contribution is 0.619. The molecular weight excluding hydrogens is 494 g/mol. The average molecular weight is 528 g/mol. The minimum Gasteiger partial charge on any atom is -0.364 e. The number of amidine groups is 1. The SMILES string of the molecule is CC1=CC(C)N=C(c2ccc(-c3nc(-c4cccc(C5N=C(C)C=C(C)N5)c4)nc(C4C=CC=CC4)n3)cc2)N1. The molecule has 0 bridgehead atoms. The number of nitrogens with one attached hydrogen (secondary N) is 2. The first-order valence-electron chi connectivity index (χ1n) is 13.7. The maximum absolute atomic E-state index is 4.97. The molecule has 2 N–H and O–H groups in total. The van der Waals surface area contributed by atoms with Gasteiger partial charge in [0.1, 0.15) is 17.8 Å². The number of hydrogen-bond acceptors (Lipinski definition) is 7. The molecule has 0 radical (unpaired) electrons. The van der Waals surface area contributed by atoms with Crippen molar-refractivity contribution in [1.82, 2.24) is 25.6 Å². The Balaban J connectivity index is 1.37. The molecule has 0 spiro atoms. The van der Waals surface area contributed by atoms with E-state index in [-0.39, 0.29) is 18.1 Å². The monoisotopic (exact) mass is 527 g/mol. The Labute approximate surface area is 235 Å². The van der Waals surface area contributed by atoms with Crippen LogP contribution in [-0.4, -0.2) is 32.5 Å². The topological polar surface area (TPSA) is 87.5 Å². The highest BCUT2D eigenvalue weighted by Gasteiger charge is 2.20. The molecule has 3 atom stereocenters. The van der Waals surface area contributed by atoms with Crippen LogP contribution < -0.4 is 10.6 Å². The van der Waals surface area contributed by atoms with Gasteiger partial charge < -0.3 is 10.6 Å². The van der Waals surface area contributed by atoms with Gasteiger partial charge in [-0.3, -0.25) is 9.98 Å². The molecule has 3 aromatic rings. The fraction of sp³-hybridized carbons (Fsp3) is 0.242. The number of aliphatic imine (C=N–C) groups is 2. The van der Waals surface area contributed by atoms with Crippen molar-refractivity contribution in [3.63, 3.8) is 0 Å². The van der Waals surface area contributed by atoms with Gasteiger partial charge in [0.05, 0.1) is 6.04 Å². The number of aromatic nitrogens is 3. The van der Waals surface area contributed by atoms with Crippen LogP contribution in [0.15, 0.2) is 106 Å². The number of hydrogen-bond donors (Lipinski definition) is 2. The third-order valence-corrected chi connectivity index (χ3v) is 7.10. The van der Waals surface area contributed by atoms with Crippen LogP contribution in [0.5, 0.6) is 0 Å². The Morgan fingerprint density at radius 2 is 1.57 bits per heavy atom. The smallest absolute Gasteiger partial charge is 0.163 e. The third-order valence-electron chi connectivity index (χ3n) is 7.10. The molecule has 3 heterocycles. The van der Waals surface area contributed by atoms with Gasteiger partial charge in [-0.15, -0.1) is 0 Å². The Morgan fingerprint density at radius 3 is 2.30 bits per heavy atom. The van der Waals surface area contributed by atoms with Crippen LogP contribution in [0.2, 0.25) is 0 Å². The first-order chi connectivity index (χ1) is 19.4. The second kappa shape index (κ2) is 10.8. The number of rotatable bonds is 5. The molecule has 0 saturated heterocycles. The molecule has 6 rings (SSSR count).